The van der Waals surface area contributed by atoms with Gasteiger partial charge in [-0.25, -0.2) is 4.98 Å². The van der Waals surface area contributed by atoms with Crippen molar-refractivity contribution < 1.29 is 19.4 Å². The van der Waals surface area contributed by atoms with Crippen molar-refractivity contribution in [2.24, 2.45) is 13.0 Å². The summed E-state index contributed by atoms with van der Waals surface area (Å²) < 4.78 is 7.88. The van der Waals surface area contributed by atoms with E-state index < -0.39 is 5.97 Å². The average molecular weight is 508 g/mol. The second kappa shape index (κ2) is 10.8. The molecule has 2 aromatic heterocycles. The molecule has 188 valence electrons. The van der Waals surface area contributed by atoms with E-state index in [4.69, 9.17) is 21.4 Å². The summed E-state index contributed by atoms with van der Waals surface area (Å²) >= 11 is 6.05. The van der Waals surface area contributed by atoms with Crippen molar-refractivity contribution in [1.82, 2.24) is 9.55 Å². The van der Waals surface area contributed by atoms with Gasteiger partial charge in [-0.3, -0.25) is 9.59 Å². The Balaban J connectivity index is 1.56. The zero-order valence-corrected chi connectivity index (χ0v) is 21.3. The summed E-state index contributed by atoms with van der Waals surface area (Å²) in [7, 11) is 1.92. The highest BCUT2D eigenvalue weighted by atomic mass is 35.5. The molecule has 1 aliphatic rings. The molecule has 1 aromatic carbocycles. The van der Waals surface area contributed by atoms with Crippen molar-refractivity contribution in [1.29, 1.82) is 5.26 Å². The van der Waals surface area contributed by atoms with E-state index in [-0.39, 0.29) is 30.0 Å². The van der Waals surface area contributed by atoms with Crippen LogP contribution >= 0.6 is 11.6 Å². The summed E-state index contributed by atoms with van der Waals surface area (Å²) in [6, 6.07) is 11.5. The summed E-state index contributed by atoms with van der Waals surface area (Å²) in [6.07, 6.45) is 5.21. The number of nitrogens with zero attached hydrogens (tertiary/aromatic N) is 3. The van der Waals surface area contributed by atoms with Gasteiger partial charge in [0.25, 0.3) is 0 Å². The van der Waals surface area contributed by atoms with Gasteiger partial charge < -0.3 is 14.4 Å². The first-order valence-electron chi connectivity index (χ1n) is 12.2. The van der Waals surface area contributed by atoms with E-state index in [2.05, 4.69) is 11.1 Å². The van der Waals surface area contributed by atoms with E-state index in [0.29, 0.717) is 40.4 Å². The Morgan fingerprint density at radius 3 is 2.75 bits per heavy atom. The number of fused-ring (bicyclic) bond motifs is 1. The lowest BCUT2D eigenvalue weighted by molar-refractivity contribution is -0.137. The molecule has 0 spiro atoms. The molecular formula is C28H30ClN3O4. The molecule has 0 bridgehead atoms. The standard InChI is InChI=1S/C28H30ClN3O4/c1-18(12-24(34)35)11-23(33)25-22-14-20(15-30)16-31-27(22)32(2)26(25)28(8-9-28)7-4-10-36-17-19-5-3-6-21(29)13-19/h3,5-6,13-14,16,18H,4,7-12,17H2,1-2H3,(H,34,35)/t18-/m0/s1. The van der Waals surface area contributed by atoms with Gasteiger partial charge in [-0.1, -0.05) is 30.7 Å². The number of rotatable bonds is 12. The minimum atomic E-state index is -0.918. The van der Waals surface area contributed by atoms with Gasteiger partial charge in [-0.15, -0.1) is 0 Å². The Morgan fingerprint density at radius 1 is 1.31 bits per heavy atom. The molecule has 2 heterocycles. The Hall–Kier alpha value is -3.21. The summed E-state index contributed by atoms with van der Waals surface area (Å²) in [5.41, 5.74) is 3.48. The lowest BCUT2D eigenvalue weighted by Gasteiger charge is -2.19. The van der Waals surface area contributed by atoms with Crippen LogP contribution in [-0.4, -0.2) is 33.0 Å². The van der Waals surface area contributed by atoms with Crippen LogP contribution in [0.25, 0.3) is 11.0 Å². The minimum Gasteiger partial charge on any atom is -0.481 e. The number of hydrogen-bond acceptors (Lipinski definition) is 5. The number of pyridine rings is 1. The summed E-state index contributed by atoms with van der Waals surface area (Å²) in [5.74, 6) is -1.30. The number of carbonyl (C=O) groups is 2. The zero-order valence-electron chi connectivity index (χ0n) is 20.6. The second-order valence-corrected chi connectivity index (χ2v) is 10.3. The van der Waals surface area contributed by atoms with E-state index in [1.165, 1.54) is 6.20 Å². The third kappa shape index (κ3) is 5.61. The fraction of sp³-hybridized carbons (Fsp3) is 0.429. The third-order valence-electron chi connectivity index (χ3n) is 6.95. The maximum atomic E-state index is 13.6. The SMILES string of the molecule is C[C@H](CC(=O)O)CC(=O)c1c(C2(CCCOCc3cccc(Cl)c3)CC2)n(C)c2ncc(C#N)cc12. The number of carboxylic acid groups (broad SMARTS) is 1. The maximum Gasteiger partial charge on any atom is 0.303 e. The number of Topliss-reactive ketones (excluding diaryl/α,β-unsaturated/α-hetero) is 1. The molecular weight excluding hydrogens is 478 g/mol. The number of benzene rings is 1. The van der Waals surface area contributed by atoms with Crippen LogP contribution in [0, 0.1) is 17.2 Å². The molecule has 0 aliphatic heterocycles. The molecule has 0 radical (unpaired) electrons. The smallest absolute Gasteiger partial charge is 0.303 e. The number of halogens is 1. The number of nitriles is 1. The molecule has 7 nitrogen and oxygen atoms in total. The van der Waals surface area contributed by atoms with Gasteiger partial charge in [0.2, 0.25) is 0 Å². The van der Waals surface area contributed by atoms with Gasteiger partial charge >= 0.3 is 5.97 Å². The zero-order chi connectivity index (χ0) is 25.9. The Kier molecular flexibility index (Phi) is 7.77. The van der Waals surface area contributed by atoms with Gasteiger partial charge in [0, 0.05) is 59.8 Å². The molecule has 1 atom stereocenters. The van der Waals surface area contributed by atoms with Crippen LogP contribution in [0.1, 0.15) is 72.6 Å². The van der Waals surface area contributed by atoms with Crippen LogP contribution < -0.4 is 0 Å². The Labute approximate surface area is 215 Å². The van der Waals surface area contributed by atoms with Gasteiger partial charge in [0.1, 0.15) is 11.7 Å². The average Bonchev–Trinajstić information content (AvgIpc) is 3.54. The molecule has 8 heteroatoms. The highest BCUT2D eigenvalue weighted by molar-refractivity contribution is 6.30. The van der Waals surface area contributed by atoms with Crippen molar-refractivity contribution in [3.63, 3.8) is 0 Å². The van der Waals surface area contributed by atoms with E-state index >= 15 is 0 Å². The number of aromatic nitrogens is 2. The Morgan fingerprint density at radius 2 is 2.08 bits per heavy atom. The fourth-order valence-corrected chi connectivity index (χ4v) is 5.36. The number of aryl methyl sites for hydroxylation is 1. The number of aliphatic carboxylic acids is 1. The van der Waals surface area contributed by atoms with Crippen molar-refractivity contribution in [2.75, 3.05) is 6.61 Å². The number of ketones is 1. The molecule has 0 saturated heterocycles. The monoisotopic (exact) mass is 507 g/mol. The third-order valence-corrected chi connectivity index (χ3v) is 7.18. The molecule has 1 aliphatic carbocycles. The van der Waals surface area contributed by atoms with Crippen LogP contribution in [-0.2, 0) is 28.6 Å². The summed E-state index contributed by atoms with van der Waals surface area (Å²) in [5, 5.41) is 19.9. The number of hydrogen-bond donors (Lipinski definition) is 1. The molecule has 3 aromatic rings. The van der Waals surface area contributed by atoms with Crippen LogP contribution in [0.4, 0.5) is 0 Å². The van der Waals surface area contributed by atoms with Gasteiger partial charge in [-0.05, 0) is 55.4 Å². The topological polar surface area (TPSA) is 105 Å². The van der Waals surface area contributed by atoms with Crippen molar-refractivity contribution >= 4 is 34.4 Å². The van der Waals surface area contributed by atoms with Crippen LogP contribution in [0.2, 0.25) is 5.02 Å². The summed E-state index contributed by atoms with van der Waals surface area (Å²) in [4.78, 5) is 29.2. The van der Waals surface area contributed by atoms with E-state index in [1.54, 1.807) is 13.0 Å². The van der Waals surface area contributed by atoms with Crippen molar-refractivity contribution in [3.8, 4) is 6.07 Å². The number of carboxylic acids is 1. The first-order chi connectivity index (χ1) is 17.2. The molecule has 1 N–H and O–H groups in total. The van der Waals surface area contributed by atoms with Crippen LogP contribution in [0.3, 0.4) is 0 Å². The molecule has 0 unspecified atom stereocenters. The predicted molar refractivity (Wildman–Crippen MR) is 137 cm³/mol. The predicted octanol–water partition coefficient (Wildman–Crippen LogP) is 5.81. The lowest BCUT2D eigenvalue weighted by atomic mass is 9.88. The maximum absolute atomic E-state index is 13.6. The summed E-state index contributed by atoms with van der Waals surface area (Å²) in [6.45, 7) is 2.86. The first kappa shape index (κ1) is 25.9. The highest BCUT2D eigenvalue weighted by Crippen LogP contribution is 2.54. The van der Waals surface area contributed by atoms with E-state index in [0.717, 1.165) is 36.9 Å². The number of carbonyl (C=O) groups excluding carboxylic acids is 1. The Bertz CT molecular complexity index is 1340. The molecule has 4 rings (SSSR count). The van der Waals surface area contributed by atoms with E-state index in [9.17, 15) is 14.9 Å². The van der Waals surface area contributed by atoms with Crippen molar-refractivity contribution in [2.45, 2.75) is 57.5 Å². The molecule has 36 heavy (non-hydrogen) atoms. The van der Waals surface area contributed by atoms with E-state index in [1.807, 2.05) is 35.9 Å². The van der Waals surface area contributed by atoms with Gasteiger partial charge in [0.05, 0.1) is 12.2 Å². The molecule has 0 amide bonds. The number of ether oxygens (including phenoxy) is 1. The second-order valence-electron chi connectivity index (χ2n) is 9.89. The normalized spacial score (nSPS) is 14.9. The fourth-order valence-electron chi connectivity index (χ4n) is 5.15. The molecule has 1 fully saturated rings. The highest BCUT2D eigenvalue weighted by Gasteiger charge is 2.48. The molecule has 1 saturated carbocycles. The van der Waals surface area contributed by atoms with Crippen LogP contribution in [0.15, 0.2) is 36.5 Å². The van der Waals surface area contributed by atoms with Crippen LogP contribution in [0.5, 0.6) is 0 Å². The van der Waals surface area contributed by atoms with Gasteiger partial charge in [-0.2, -0.15) is 5.26 Å². The lowest BCUT2D eigenvalue weighted by Crippen LogP contribution is -2.18. The largest absolute Gasteiger partial charge is 0.481 e. The minimum absolute atomic E-state index is 0.0668. The van der Waals surface area contributed by atoms with Gasteiger partial charge in [0.15, 0.2) is 5.78 Å². The quantitative estimate of drug-likeness (QED) is 0.245. The first-order valence-corrected chi connectivity index (χ1v) is 12.6. The van der Waals surface area contributed by atoms with Crippen molar-refractivity contribution in [3.05, 3.63) is 63.9 Å².